The number of rotatable bonds is 5. The fraction of sp³-hybridized carbons (Fsp3) is 0.400. The van der Waals surface area contributed by atoms with Gasteiger partial charge in [-0.1, -0.05) is 42.5 Å². The Morgan fingerprint density at radius 2 is 1.80 bits per heavy atom. The summed E-state index contributed by atoms with van der Waals surface area (Å²) in [7, 11) is 0. The number of ether oxygens (including phenoxy) is 2. The lowest BCUT2D eigenvalue weighted by Gasteiger charge is -2.19. The van der Waals surface area contributed by atoms with Crippen LogP contribution in [0.1, 0.15) is 18.1 Å². The maximum Gasteiger partial charge on any atom is 0.119 e. The van der Waals surface area contributed by atoms with Crippen LogP contribution in [0, 0.1) is 0 Å². The molecule has 138 valence electrons. The van der Waals surface area contributed by atoms with E-state index in [4.69, 9.17) is 14.6 Å². The van der Waals surface area contributed by atoms with Gasteiger partial charge in [-0.05, 0) is 36.6 Å². The van der Waals surface area contributed by atoms with Crippen LogP contribution in [0.5, 0.6) is 5.75 Å². The molecule has 1 aliphatic heterocycles. The third kappa shape index (κ3) is 8.89. The van der Waals surface area contributed by atoms with E-state index in [-0.39, 0.29) is 19.0 Å². The smallest absolute Gasteiger partial charge is 0.119 e. The van der Waals surface area contributed by atoms with E-state index in [1.807, 2.05) is 54.6 Å². The summed E-state index contributed by atoms with van der Waals surface area (Å²) < 4.78 is 10.8. The van der Waals surface area contributed by atoms with Gasteiger partial charge < -0.3 is 19.9 Å². The molecule has 0 aromatic heterocycles. The van der Waals surface area contributed by atoms with E-state index in [2.05, 4.69) is 12.2 Å². The van der Waals surface area contributed by atoms with Crippen molar-refractivity contribution in [1.82, 2.24) is 5.32 Å². The van der Waals surface area contributed by atoms with Gasteiger partial charge in [0.25, 0.3) is 0 Å². The van der Waals surface area contributed by atoms with Crippen LogP contribution in [0.15, 0.2) is 54.6 Å². The second-order valence-electron chi connectivity index (χ2n) is 5.82. The zero-order chi connectivity index (χ0) is 17.0. The number of morpholine rings is 1. The van der Waals surface area contributed by atoms with Gasteiger partial charge in [0.15, 0.2) is 0 Å². The Morgan fingerprint density at radius 1 is 1.08 bits per heavy atom. The van der Waals surface area contributed by atoms with E-state index in [1.165, 1.54) is 0 Å². The minimum Gasteiger partial charge on any atom is -0.489 e. The Balaban J connectivity index is 0.000000330. The molecule has 0 radical (unpaired) electrons. The van der Waals surface area contributed by atoms with Crippen molar-refractivity contribution in [3.63, 3.8) is 0 Å². The number of hydrogen-bond donors (Lipinski definition) is 2. The number of nitrogens with one attached hydrogen (secondary N) is 1. The van der Waals surface area contributed by atoms with E-state index < -0.39 is 0 Å². The first-order chi connectivity index (χ1) is 11.8. The average molecular weight is 366 g/mol. The van der Waals surface area contributed by atoms with Gasteiger partial charge in [0.05, 0.1) is 13.2 Å². The van der Waals surface area contributed by atoms with Crippen molar-refractivity contribution < 1.29 is 14.6 Å². The summed E-state index contributed by atoms with van der Waals surface area (Å²) in [5, 5.41) is 12.1. The van der Waals surface area contributed by atoms with Gasteiger partial charge in [0.2, 0.25) is 0 Å². The van der Waals surface area contributed by atoms with Crippen molar-refractivity contribution >= 4 is 12.4 Å². The summed E-state index contributed by atoms with van der Waals surface area (Å²) in [6, 6.07) is 18.5. The van der Waals surface area contributed by atoms with Crippen molar-refractivity contribution in [3.05, 3.63) is 65.7 Å². The maximum atomic E-state index is 8.81. The predicted octanol–water partition coefficient (Wildman–Crippen LogP) is 3.22. The number of benzene rings is 2. The highest BCUT2D eigenvalue weighted by Crippen LogP contribution is 2.14. The molecular weight excluding hydrogens is 338 g/mol. The van der Waals surface area contributed by atoms with Gasteiger partial charge in [-0.2, -0.15) is 0 Å². The number of halogens is 1. The SMILES string of the molecule is CC1COCCN1.Cl.OCCc1ccc(OCc2ccccc2)cc1. The summed E-state index contributed by atoms with van der Waals surface area (Å²) in [6.45, 7) is 5.66. The molecule has 0 amide bonds. The van der Waals surface area contributed by atoms with Crippen LogP contribution >= 0.6 is 12.4 Å². The molecule has 1 saturated heterocycles. The molecule has 1 heterocycles. The summed E-state index contributed by atoms with van der Waals surface area (Å²) >= 11 is 0. The second kappa shape index (κ2) is 12.7. The van der Waals surface area contributed by atoms with E-state index in [1.54, 1.807) is 0 Å². The van der Waals surface area contributed by atoms with Gasteiger partial charge in [0, 0.05) is 19.2 Å². The van der Waals surface area contributed by atoms with E-state index in [9.17, 15) is 0 Å². The number of aliphatic hydroxyl groups excluding tert-OH is 1. The van der Waals surface area contributed by atoms with Crippen LogP contribution in [-0.2, 0) is 17.8 Å². The first-order valence-electron chi connectivity index (χ1n) is 8.45. The summed E-state index contributed by atoms with van der Waals surface area (Å²) in [6.07, 6.45) is 0.693. The number of aliphatic hydroxyl groups is 1. The standard InChI is InChI=1S/C15H16O2.C5H11NO.ClH/c16-11-10-13-6-8-15(9-7-13)17-12-14-4-2-1-3-5-14;1-5-4-7-3-2-6-5;/h1-9,16H,10-12H2;5-6H,2-4H2,1H3;1H. The zero-order valence-corrected chi connectivity index (χ0v) is 15.5. The highest BCUT2D eigenvalue weighted by molar-refractivity contribution is 5.85. The zero-order valence-electron chi connectivity index (χ0n) is 14.7. The Hall–Kier alpha value is -1.59. The van der Waals surface area contributed by atoms with Crippen molar-refractivity contribution in [1.29, 1.82) is 0 Å². The molecule has 4 nitrogen and oxygen atoms in total. The fourth-order valence-electron chi connectivity index (χ4n) is 2.32. The van der Waals surface area contributed by atoms with Gasteiger partial charge in [0.1, 0.15) is 12.4 Å². The molecular formula is C20H28ClNO3. The van der Waals surface area contributed by atoms with Crippen molar-refractivity contribution in [2.75, 3.05) is 26.4 Å². The van der Waals surface area contributed by atoms with Crippen LogP contribution < -0.4 is 10.1 Å². The quantitative estimate of drug-likeness (QED) is 0.854. The largest absolute Gasteiger partial charge is 0.489 e. The first-order valence-corrected chi connectivity index (χ1v) is 8.45. The lowest BCUT2D eigenvalue weighted by molar-refractivity contribution is 0.0824. The maximum absolute atomic E-state index is 8.81. The molecule has 0 bridgehead atoms. The lowest BCUT2D eigenvalue weighted by atomic mass is 10.1. The molecule has 1 aliphatic rings. The monoisotopic (exact) mass is 365 g/mol. The predicted molar refractivity (Wildman–Crippen MR) is 104 cm³/mol. The Morgan fingerprint density at radius 3 is 2.32 bits per heavy atom. The Labute approximate surface area is 156 Å². The first kappa shape index (κ1) is 21.5. The molecule has 2 N–H and O–H groups in total. The molecule has 2 aromatic carbocycles. The second-order valence-corrected chi connectivity index (χ2v) is 5.82. The third-order valence-corrected chi connectivity index (χ3v) is 3.68. The van der Waals surface area contributed by atoms with Crippen LogP contribution in [0.3, 0.4) is 0 Å². The lowest BCUT2D eigenvalue weighted by Crippen LogP contribution is -2.38. The van der Waals surface area contributed by atoms with Crippen LogP contribution in [-0.4, -0.2) is 37.5 Å². The van der Waals surface area contributed by atoms with Gasteiger partial charge in [-0.15, -0.1) is 12.4 Å². The van der Waals surface area contributed by atoms with Crippen LogP contribution in [0.2, 0.25) is 0 Å². The van der Waals surface area contributed by atoms with E-state index in [0.29, 0.717) is 19.1 Å². The third-order valence-electron chi connectivity index (χ3n) is 3.68. The van der Waals surface area contributed by atoms with Gasteiger partial charge >= 0.3 is 0 Å². The normalized spacial score (nSPS) is 16.2. The highest BCUT2D eigenvalue weighted by atomic mass is 35.5. The summed E-state index contributed by atoms with van der Waals surface area (Å²) in [4.78, 5) is 0. The molecule has 1 atom stereocenters. The summed E-state index contributed by atoms with van der Waals surface area (Å²) in [5.41, 5.74) is 2.28. The molecule has 5 heteroatoms. The van der Waals surface area contributed by atoms with E-state index >= 15 is 0 Å². The highest BCUT2D eigenvalue weighted by Gasteiger charge is 2.04. The Kier molecular flexibility index (Phi) is 10.9. The number of hydrogen-bond acceptors (Lipinski definition) is 4. The van der Waals surface area contributed by atoms with E-state index in [0.717, 1.165) is 36.6 Å². The summed E-state index contributed by atoms with van der Waals surface area (Å²) in [5.74, 6) is 0.857. The van der Waals surface area contributed by atoms with Crippen molar-refractivity contribution in [2.24, 2.45) is 0 Å². The van der Waals surface area contributed by atoms with Crippen LogP contribution in [0.4, 0.5) is 0 Å². The average Bonchev–Trinajstić information content (AvgIpc) is 2.63. The van der Waals surface area contributed by atoms with Gasteiger partial charge in [-0.25, -0.2) is 0 Å². The van der Waals surface area contributed by atoms with Crippen molar-refractivity contribution in [3.8, 4) is 5.75 Å². The van der Waals surface area contributed by atoms with Gasteiger partial charge in [-0.3, -0.25) is 0 Å². The molecule has 0 aliphatic carbocycles. The minimum atomic E-state index is 0. The fourth-order valence-corrected chi connectivity index (χ4v) is 2.32. The molecule has 25 heavy (non-hydrogen) atoms. The molecule has 0 saturated carbocycles. The van der Waals surface area contributed by atoms with Crippen LogP contribution in [0.25, 0.3) is 0 Å². The molecule has 0 spiro atoms. The topological polar surface area (TPSA) is 50.7 Å². The molecule has 2 aromatic rings. The molecule has 1 unspecified atom stereocenters. The molecule has 1 fully saturated rings. The minimum absolute atomic E-state index is 0. The van der Waals surface area contributed by atoms with Crippen molar-refractivity contribution in [2.45, 2.75) is 26.0 Å². The Bertz CT molecular complexity index is 557. The molecule has 3 rings (SSSR count).